The molecule has 138 valence electrons. The molecule has 2 aromatic carbocycles. The van der Waals surface area contributed by atoms with Crippen LogP contribution in [0.25, 0.3) is 0 Å². The maximum absolute atomic E-state index is 12.4. The van der Waals surface area contributed by atoms with E-state index in [2.05, 4.69) is 5.32 Å². The van der Waals surface area contributed by atoms with Crippen LogP contribution in [0.4, 0.5) is 17.1 Å². The summed E-state index contributed by atoms with van der Waals surface area (Å²) in [5.41, 5.74) is 0.959. The highest BCUT2D eigenvalue weighted by Gasteiger charge is 2.17. The standard InChI is InChI=1S/C18H20ClN3O4/c1-2-15(23)11-21(13-6-4-3-5-7-13)12-18(24)20-17-9-8-14(22(25)26)10-16(17)19/h3-10,15,23H,2,11-12H2,1H3,(H,20,24). The van der Waals surface area contributed by atoms with Crippen molar-refractivity contribution in [3.63, 3.8) is 0 Å². The maximum Gasteiger partial charge on any atom is 0.271 e. The summed E-state index contributed by atoms with van der Waals surface area (Å²) in [5, 5.41) is 23.5. The highest BCUT2D eigenvalue weighted by molar-refractivity contribution is 6.34. The molecule has 26 heavy (non-hydrogen) atoms. The van der Waals surface area contributed by atoms with Gasteiger partial charge < -0.3 is 15.3 Å². The summed E-state index contributed by atoms with van der Waals surface area (Å²) in [5.74, 6) is -0.340. The molecule has 0 saturated carbocycles. The van der Waals surface area contributed by atoms with Gasteiger partial charge in [0.15, 0.2) is 0 Å². The van der Waals surface area contributed by atoms with Gasteiger partial charge in [-0.3, -0.25) is 14.9 Å². The molecule has 0 spiro atoms. The van der Waals surface area contributed by atoms with Crippen LogP contribution in [-0.4, -0.2) is 35.1 Å². The molecule has 0 aromatic heterocycles. The average molecular weight is 378 g/mol. The minimum atomic E-state index is -0.564. The second-order valence-corrected chi connectivity index (χ2v) is 6.15. The van der Waals surface area contributed by atoms with Crippen molar-refractivity contribution in [1.29, 1.82) is 0 Å². The van der Waals surface area contributed by atoms with Gasteiger partial charge in [0, 0.05) is 24.4 Å². The number of amides is 1. The Balaban J connectivity index is 2.10. The smallest absolute Gasteiger partial charge is 0.271 e. The Hall–Kier alpha value is -2.64. The number of anilines is 2. The van der Waals surface area contributed by atoms with E-state index in [9.17, 15) is 20.0 Å². The van der Waals surface area contributed by atoms with Crippen LogP contribution >= 0.6 is 11.6 Å². The minimum Gasteiger partial charge on any atom is -0.391 e. The number of halogens is 1. The van der Waals surface area contributed by atoms with E-state index in [1.165, 1.54) is 18.2 Å². The Morgan fingerprint density at radius 3 is 2.58 bits per heavy atom. The van der Waals surface area contributed by atoms with Crippen molar-refractivity contribution >= 4 is 34.6 Å². The fraction of sp³-hybridized carbons (Fsp3) is 0.278. The highest BCUT2D eigenvalue weighted by Crippen LogP contribution is 2.26. The lowest BCUT2D eigenvalue weighted by molar-refractivity contribution is -0.384. The van der Waals surface area contributed by atoms with E-state index < -0.39 is 11.0 Å². The normalized spacial score (nSPS) is 11.7. The number of carbonyl (C=O) groups excluding carboxylic acids is 1. The lowest BCUT2D eigenvalue weighted by Gasteiger charge is -2.26. The van der Waals surface area contributed by atoms with Gasteiger partial charge in [0.1, 0.15) is 0 Å². The molecule has 1 atom stereocenters. The number of carbonyl (C=O) groups is 1. The molecule has 8 heteroatoms. The third-order valence-electron chi connectivity index (χ3n) is 3.80. The lowest BCUT2D eigenvalue weighted by Crippen LogP contribution is -2.38. The topological polar surface area (TPSA) is 95.7 Å². The van der Waals surface area contributed by atoms with E-state index in [1.54, 1.807) is 4.90 Å². The average Bonchev–Trinajstić information content (AvgIpc) is 2.63. The predicted molar refractivity (Wildman–Crippen MR) is 102 cm³/mol. The first kappa shape index (κ1) is 19.7. The number of aliphatic hydroxyl groups is 1. The Morgan fingerprint density at radius 2 is 2.00 bits per heavy atom. The van der Waals surface area contributed by atoms with Gasteiger partial charge in [-0.15, -0.1) is 0 Å². The van der Waals surface area contributed by atoms with Crippen molar-refractivity contribution in [2.24, 2.45) is 0 Å². The molecule has 7 nitrogen and oxygen atoms in total. The number of nitrogens with zero attached hydrogens (tertiary/aromatic N) is 2. The van der Waals surface area contributed by atoms with Gasteiger partial charge >= 0.3 is 0 Å². The van der Waals surface area contributed by atoms with E-state index >= 15 is 0 Å². The minimum absolute atomic E-state index is 0.00832. The van der Waals surface area contributed by atoms with Gasteiger partial charge in [-0.1, -0.05) is 36.7 Å². The van der Waals surface area contributed by atoms with Crippen molar-refractivity contribution < 1.29 is 14.8 Å². The van der Waals surface area contributed by atoms with Gasteiger partial charge in [-0.05, 0) is 24.6 Å². The molecule has 0 saturated heterocycles. The van der Waals surface area contributed by atoms with Crippen molar-refractivity contribution in [2.45, 2.75) is 19.4 Å². The number of non-ortho nitro benzene ring substituents is 1. The first-order chi connectivity index (χ1) is 12.4. The maximum atomic E-state index is 12.4. The van der Waals surface area contributed by atoms with Crippen molar-refractivity contribution in [3.8, 4) is 0 Å². The highest BCUT2D eigenvalue weighted by atomic mass is 35.5. The van der Waals surface area contributed by atoms with Crippen LogP contribution < -0.4 is 10.2 Å². The number of nitrogens with one attached hydrogen (secondary N) is 1. The molecular formula is C18H20ClN3O4. The van der Waals surface area contributed by atoms with E-state index in [-0.39, 0.29) is 23.2 Å². The largest absolute Gasteiger partial charge is 0.391 e. The van der Waals surface area contributed by atoms with E-state index in [0.717, 1.165) is 5.69 Å². The lowest BCUT2D eigenvalue weighted by atomic mass is 10.2. The summed E-state index contributed by atoms with van der Waals surface area (Å²) in [6.07, 6.45) is 0.00467. The van der Waals surface area contributed by atoms with Gasteiger partial charge in [0.2, 0.25) is 5.91 Å². The number of aliphatic hydroxyl groups excluding tert-OH is 1. The Labute approximate surface area is 156 Å². The number of para-hydroxylation sites is 1. The molecule has 1 amide bonds. The zero-order valence-electron chi connectivity index (χ0n) is 14.3. The van der Waals surface area contributed by atoms with Crippen molar-refractivity contribution in [3.05, 3.63) is 63.7 Å². The van der Waals surface area contributed by atoms with E-state index in [0.29, 0.717) is 18.7 Å². The Bertz CT molecular complexity index is 770. The monoisotopic (exact) mass is 377 g/mol. The molecule has 0 bridgehead atoms. The summed E-state index contributed by atoms with van der Waals surface area (Å²) in [4.78, 5) is 24.4. The zero-order chi connectivity index (χ0) is 19.1. The van der Waals surface area contributed by atoms with Gasteiger partial charge in [-0.2, -0.15) is 0 Å². The molecule has 0 fully saturated rings. The first-order valence-corrected chi connectivity index (χ1v) is 8.50. The number of rotatable bonds is 8. The quantitative estimate of drug-likeness (QED) is 0.542. The van der Waals surface area contributed by atoms with Crippen LogP contribution in [0.1, 0.15) is 13.3 Å². The first-order valence-electron chi connectivity index (χ1n) is 8.12. The molecule has 0 aliphatic rings. The van der Waals surface area contributed by atoms with Gasteiger partial charge in [0.25, 0.3) is 5.69 Å². The van der Waals surface area contributed by atoms with Crippen LogP contribution in [0, 0.1) is 10.1 Å². The molecule has 1 unspecified atom stereocenters. The second kappa shape index (κ2) is 9.17. The molecule has 0 heterocycles. The summed E-state index contributed by atoms with van der Waals surface area (Å²) < 4.78 is 0. The molecule has 2 N–H and O–H groups in total. The number of benzene rings is 2. The van der Waals surface area contributed by atoms with Crippen molar-refractivity contribution in [1.82, 2.24) is 0 Å². The Morgan fingerprint density at radius 1 is 1.31 bits per heavy atom. The number of hydrogen-bond acceptors (Lipinski definition) is 5. The fourth-order valence-corrected chi connectivity index (χ4v) is 2.59. The molecule has 2 aromatic rings. The molecular weight excluding hydrogens is 358 g/mol. The predicted octanol–water partition coefficient (Wildman–Crippen LogP) is 3.46. The molecule has 0 aliphatic carbocycles. The van der Waals surface area contributed by atoms with Crippen molar-refractivity contribution in [2.75, 3.05) is 23.3 Å². The number of nitro groups is 1. The van der Waals surface area contributed by atoms with Crippen LogP contribution in [0.3, 0.4) is 0 Å². The second-order valence-electron chi connectivity index (χ2n) is 5.75. The van der Waals surface area contributed by atoms with Gasteiger partial charge in [0.05, 0.1) is 28.3 Å². The summed E-state index contributed by atoms with van der Waals surface area (Å²) in [6.45, 7) is 2.18. The summed E-state index contributed by atoms with van der Waals surface area (Å²) in [7, 11) is 0. The fourth-order valence-electron chi connectivity index (χ4n) is 2.37. The van der Waals surface area contributed by atoms with E-state index in [4.69, 9.17) is 11.6 Å². The van der Waals surface area contributed by atoms with Crippen LogP contribution in [0.15, 0.2) is 48.5 Å². The van der Waals surface area contributed by atoms with Crippen LogP contribution in [-0.2, 0) is 4.79 Å². The van der Waals surface area contributed by atoms with E-state index in [1.807, 2.05) is 37.3 Å². The van der Waals surface area contributed by atoms with Crippen LogP contribution in [0.5, 0.6) is 0 Å². The van der Waals surface area contributed by atoms with Gasteiger partial charge in [-0.25, -0.2) is 0 Å². The third-order valence-corrected chi connectivity index (χ3v) is 4.11. The SMILES string of the molecule is CCC(O)CN(CC(=O)Nc1ccc([N+](=O)[O-])cc1Cl)c1ccccc1. The van der Waals surface area contributed by atoms with Crippen LogP contribution in [0.2, 0.25) is 5.02 Å². The zero-order valence-corrected chi connectivity index (χ0v) is 15.0. The summed E-state index contributed by atoms with van der Waals surface area (Å²) >= 11 is 6.01. The molecule has 0 radical (unpaired) electrons. The number of nitro benzene ring substituents is 1. The Kier molecular flexibility index (Phi) is 6.94. The number of hydrogen-bond donors (Lipinski definition) is 2. The molecule has 2 rings (SSSR count). The molecule has 0 aliphatic heterocycles. The third kappa shape index (κ3) is 5.44. The summed E-state index contributed by atoms with van der Waals surface area (Å²) in [6, 6.07) is 13.1.